The molecule has 2 rings (SSSR count). The predicted octanol–water partition coefficient (Wildman–Crippen LogP) is 1.94. The van der Waals surface area contributed by atoms with E-state index in [-0.39, 0.29) is 22.7 Å². The lowest BCUT2D eigenvalue weighted by Crippen LogP contribution is -2.41. The zero-order valence-electron chi connectivity index (χ0n) is 9.48. The second-order valence-electron chi connectivity index (χ2n) is 4.08. The van der Waals surface area contributed by atoms with Crippen LogP contribution in [-0.4, -0.2) is 23.4 Å². The summed E-state index contributed by atoms with van der Waals surface area (Å²) in [6.45, 7) is 0.461. The van der Waals surface area contributed by atoms with Crippen LogP contribution in [0.15, 0.2) is 18.2 Å². The number of hydrogen-bond donors (Lipinski definition) is 2. The van der Waals surface area contributed by atoms with Crippen LogP contribution in [0.1, 0.15) is 12.8 Å². The third-order valence-electron chi connectivity index (χ3n) is 2.79. The highest BCUT2D eigenvalue weighted by molar-refractivity contribution is 6.33. The van der Waals surface area contributed by atoms with Crippen molar-refractivity contribution in [2.24, 2.45) is 0 Å². The molecule has 1 atom stereocenters. The van der Waals surface area contributed by atoms with E-state index < -0.39 is 4.92 Å². The minimum absolute atomic E-state index is 0.00800. The first kappa shape index (κ1) is 12.6. The number of piperidine rings is 1. The van der Waals surface area contributed by atoms with E-state index >= 15 is 0 Å². The van der Waals surface area contributed by atoms with Gasteiger partial charge in [0.1, 0.15) is 10.7 Å². The Morgan fingerprint density at radius 1 is 1.50 bits per heavy atom. The van der Waals surface area contributed by atoms with E-state index in [0.29, 0.717) is 25.1 Å². The summed E-state index contributed by atoms with van der Waals surface area (Å²) in [7, 11) is 0. The SMILES string of the molecule is O=C1CCC(Nc2cccc(Cl)c2[N+](=O)[O-])CN1. The number of nitro groups is 1. The van der Waals surface area contributed by atoms with Gasteiger partial charge in [-0.15, -0.1) is 0 Å². The third kappa shape index (κ3) is 2.70. The van der Waals surface area contributed by atoms with Gasteiger partial charge < -0.3 is 10.6 Å². The molecular formula is C11H12ClN3O3. The molecule has 1 fully saturated rings. The number of rotatable bonds is 3. The summed E-state index contributed by atoms with van der Waals surface area (Å²) in [5, 5.41) is 16.8. The molecule has 2 N–H and O–H groups in total. The van der Waals surface area contributed by atoms with E-state index in [0.717, 1.165) is 0 Å². The van der Waals surface area contributed by atoms with Gasteiger partial charge in [-0.3, -0.25) is 14.9 Å². The second-order valence-corrected chi connectivity index (χ2v) is 4.48. The van der Waals surface area contributed by atoms with E-state index in [4.69, 9.17) is 11.6 Å². The molecule has 0 saturated carbocycles. The highest BCUT2D eigenvalue weighted by Gasteiger charge is 2.23. The Balaban J connectivity index is 2.16. The molecular weight excluding hydrogens is 258 g/mol. The summed E-state index contributed by atoms with van der Waals surface area (Å²) in [5.74, 6) is 0.00800. The quantitative estimate of drug-likeness (QED) is 0.649. The molecule has 6 nitrogen and oxygen atoms in total. The number of benzene rings is 1. The number of anilines is 1. The van der Waals surface area contributed by atoms with Crippen LogP contribution in [0, 0.1) is 10.1 Å². The number of para-hydroxylation sites is 1. The van der Waals surface area contributed by atoms with Crippen molar-refractivity contribution in [1.29, 1.82) is 0 Å². The summed E-state index contributed by atoms with van der Waals surface area (Å²) in [6.07, 6.45) is 1.07. The van der Waals surface area contributed by atoms with Gasteiger partial charge in [-0.2, -0.15) is 0 Å². The molecule has 96 valence electrons. The maximum atomic E-state index is 11.0. The Morgan fingerprint density at radius 3 is 2.89 bits per heavy atom. The molecule has 1 aromatic rings. The monoisotopic (exact) mass is 269 g/mol. The lowest BCUT2D eigenvalue weighted by molar-refractivity contribution is -0.383. The number of halogens is 1. The van der Waals surface area contributed by atoms with Gasteiger partial charge >= 0.3 is 5.69 Å². The average molecular weight is 270 g/mol. The Hall–Kier alpha value is -1.82. The van der Waals surface area contributed by atoms with Crippen LogP contribution in [-0.2, 0) is 4.79 Å². The first-order valence-electron chi connectivity index (χ1n) is 5.54. The Labute approximate surface area is 108 Å². The van der Waals surface area contributed by atoms with Gasteiger partial charge in [0.2, 0.25) is 5.91 Å². The van der Waals surface area contributed by atoms with Crippen molar-refractivity contribution in [3.63, 3.8) is 0 Å². The molecule has 1 aromatic carbocycles. The molecule has 1 unspecified atom stereocenters. The fourth-order valence-electron chi connectivity index (χ4n) is 1.89. The molecule has 0 aliphatic carbocycles. The number of nitrogens with one attached hydrogen (secondary N) is 2. The Morgan fingerprint density at radius 2 is 2.28 bits per heavy atom. The van der Waals surface area contributed by atoms with Gasteiger partial charge in [0.25, 0.3) is 0 Å². The summed E-state index contributed by atoms with van der Waals surface area (Å²) >= 11 is 5.81. The van der Waals surface area contributed by atoms with E-state index in [1.165, 1.54) is 6.07 Å². The summed E-state index contributed by atoms with van der Waals surface area (Å²) < 4.78 is 0. The molecule has 1 heterocycles. The maximum absolute atomic E-state index is 11.0. The van der Waals surface area contributed by atoms with E-state index in [9.17, 15) is 14.9 Å². The minimum Gasteiger partial charge on any atom is -0.375 e. The van der Waals surface area contributed by atoms with Crippen LogP contribution in [0.4, 0.5) is 11.4 Å². The van der Waals surface area contributed by atoms with Crippen molar-refractivity contribution in [3.8, 4) is 0 Å². The third-order valence-corrected chi connectivity index (χ3v) is 3.10. The van der Waals surface area contributed by atoms with Crippen molar-refractivity contribution >= 4 is 28.9 Å². The van der Waals surface area contributed by atoms with E-state index in [1.54, 1.807) is 12.1 Å². The largest absolute Gasteiger partial charge is 0.375 e. The van der Waals surface area contributed by atoms with E-state index in [2.05, 4.69) is 10.6 Å². The number of carbonyl (C=O) groups excluding carboxylic acids is 1. The molecule has 1 amide bonds. The molecule has 18 heavy (non-hydrogen) atoms. The summed E-state index contributed by atoms with van der Waals surface area (Å²) in [5.41, 5.74) is 0.254. The van der Waals surface area contributed by atoms with Crippen LogP contribution in [0.2, 0.25) is 5.02 Å². The number of nitro benzene ring substituents is 1. The fourth-order valence-corrected chi connectivity index (χ4v) is 2.14. The number of carbonyl (C=O) groups is 1. The topological polar surface area (TPSA) is 84.3 Å². The van der Waals surface area contributed by atoms with Gasteiger partial charge in [0, 0.05) is 19.0 Å². The minimum atomic E-state index is -0.508. The highest BCUT2D eigenvalue weighted by atomic mass is 35.5. The summed E-state index contributed by atoms with van der Waals surface area (Å²) in [4.78, 5) is 21.5. The van der Waals surface area contributed by atoms with Gasteiger partial charge in [-0.25, -0.2) is 0 Å². The summed E-state index contributed by atoms with van der Waals surface area (Å²) in [6, 6.07) is 4.73. The highest BCUT2D eigenvalue weighted by Crippen LogP contribution is 2.33. The average Bonchev–Trinajstić information content (AvgIpc) is 2.32. The van der Waals surface area contributed by atoms with Crippen LogP contribution in [0.25, 0.3) is 0 Å². The fraction of sp³-hybridized carbons (Fsp3) is 0.364. The molecule has 1 aliphatic heterocycles. The Kier molecular flexibility index (Phi) is 3.66. The zero-order valence-corrected chi connectivity index (χ0v) is 10.2. The first-order valence-corrected chi connectivity index (χ1v) is 5.92. The smallest absolute Gasteiger partial charge is 0.310 e. The zero-order chi connectivity index (χ0) is 13.1. The molecule has 0 bridgehead atoms. The molecule has 0 aromatic heterocycles. The molecule has 1 saturated heterocycles. The van der Waals surface area contributed by atoms with Gasteiger partial charge in [0.05, 0.1) is 4.92 Å². The number of hydrogen-bond acceptors (Lipinski definition) is 4. The van der Waals surface area contributed by atoms with Crippen LogP contribution < -0.4 is 10.6 Å². The lowest BCUT2D eigenvalue weighted by Gasteiger charge is -2.24. The van der Waals surface area contributed by atoms with Crippen LogP contribution in [0.3, 0.4) is 0 Å². The van der Waals surface area contributed by atoms with Crippen LogP contribution in [0.5, 0.6) is 0 Å². The number of nitrogens with zero attached hydrogens (tertiary/aromatic N) is 1. The van der Waals surface area contributed by atoms with Crippen LogP contribution >= 0.6 is 11.6 Å². The first-order chi connectivity index (χ1) is 8.58. The van der Waals surface area contributed by atoms with Crippen molar-refractivity contribution in [1.82, 2.24) is 5.32 Å². The predicted molar refractivity (Wildman–Crippen MR) is 67.8 cm³/mol. The van der Waals surface area contributed by atoms with Crippen molar-refractivity contribution in [3.05, 3.63) is 33.3 Å². The Bertz CT molecular complexity index is 482. The normalized spacial score (nSPS) is 19.2. The van der Waals surface area contributed by atoms with Gasteiger partial charge in [-0.1, -0.05) is 17.7 Å². The molecule has 0 spiro atoms. The standard InChI is InChI=1S/C11H12ClN3O3/c12-8-2-1-3-9(11(8)15(17)18)14-7-4-5-10(16)13-6-7/h1-3,7,14H,4-6H2,(H,13,16). The molecule has 0 radical (unpaired) electrons. The molecule has 1 aliphatic rings. The molecule has 7 heteroatoms. The van der Waals surface area contributed by atoms with Crippen molar-refractivity contribution in [2.75, 3.05) is 11.9 Å². The number of amides is 1. The van der Waals surface area contributed by atoms with Crippen molar-refractivity contribution in [2.45, 2.75) is 18.9 Å². The van der Waals surface area contributed by atoms with Gasteiger partial charge in [0.15, 0.2) is 0 Å². The van der Waals surface area contributed by atoms with Gasteiger partial charge in [-0.05, 0) is 18.6 Å². The lowest BCUT2D eigenvalue weighted by atomic mass is 10.1. The second kappa shape index (κ2) is 5.22. The maximum Gasteiger partial charge on any atom is 0.310 e. The van der Waals surface area contributed by atoms with Crippen molar-refractivity contribution < 1.29 is 9.72 Å². The van der Waals surface area contributed by atoms with E-state index in [1.807, 2.05) is 0 Å².